The van der Waals surface area contributed by atoms with E-state index in [-0.39, 0.29) is 4.90 Å². The zero-order chi connectivity index (χ0) is 15.4. The number of ether oxygens (including phenoxy) is 2. The van der Waals surface area contributed by atoms with Crippen LogP contribution in [-0.2, 0) is 16.6 Å². The number of hydrogen-bond acceptors (Lipinski definition) is 6. The van der Waals surface area contributed by atoms with E-state index in [0.717, 1.165) is 0 Å². The second kappa shape index (κ2) is 6.32. The lowest BCUT2D eigenvalue weighted by molar-refractivity contribution is 0.171. The van der Waals surface area contributed by atoms with Gasteiger partial charge in [-0.2, -0.15) is 5.10 Å². The quantitative estimate of drug-likeness (QED) is 0.774. The summed E-state index contributed by atoms with van der Waals surface area (Å²) in [7, 11) is -3.57. The van der Waals surface area contributed by atoms with Crippen LogP contribution < -0.4 is 14.2 Å². The molecule has 2 heterocycles. The summed E-state index contributed by atoms with van der Waals surface area (Å²) in [6.45, 7) is 1.81. The van der Waals surface area contributed by atoms with E-state index < -0.39 is 10.0 Å². The van der Waals surface area contributed by atoms with E-state index >= 15 is 0 Å². The first-order valence-corrected chi connectivity index (χ1v) is 8.35. The van der Waals surface area contributed by atoms with E-state index in [9.17, 15) is 8.42 Å². The summed E-state index contributed by atoms with van der Waals surface area (Å²) in [6, 6.07) is 4.60. The van der Waals surface area contributed by atoms with Gasteiger partial charge in [-0.25, -0.2) is 18.1 Å². The molecule has 9 heteroatoms. The number of rotatable bonds is 6. The zero-order valence-corrected chi connectivity index (χ0v) is 12.6. The van der Waals surface area contributed by atoms with Crippen molar-refractivity contribution in [2.75, 3.05) is 19.8 Å². The SMILES string of the molecule is O=S(=O)(NCCCn1cncn1)c1ccc2c(c1)OCCO2. The number of fused-ring (bicyclic) bond motifs is 1. The van der Waals surface area contributed by atoms with Crippen LogP contribution in [0, 0.1) is 0 Å². The molecule has 0 saturated carbocycles. The van der Waals surface area contributed by atoms with Crippen LogP contribution in [0.25, 0.3) is 0 Å². The molecule has 0 bridgehead atoms. The van der Waals surface area contributed by atoms with E-state index in [1.807, 2.05) is 0 Å². The van der Waals surface area contributed by atoms with Gasteiger partial charge in [-0.1, -0.05) is 0 Å². The van der Waals surface area contributed by atoms with Crippen molar-refractivity contribution in [1.29, 1.82) is 0 Å². The zero-order valence-electron chi connectivity index (χ0n) is 11.8. The molecule has 0 saturated heterocycles. The summed E-state index contributed by atoms with van der Waals surface area (Å²) in [5, 5.41) is 3.95. The van der Waals surface area contributed by atoms with Gasteiger partial charge in [0.2, 0.25) is 10.0 Å². The molecule has 22 heavy (non-hydrogen) atoms. The van der Waals surface area contributed by atoms with Gasteiger partial charge < -0.3 is 9.47 Å². The first kappa shape index (κ1) is 14.8. The van der Waals surface area contributed by atoms with Crippen LogP contribution in [0.5, 0.6) is 11.5 Å². The summed E-state index contributed by atoms with van der Waals surface area (Å²) in [5.74, 6) is 1.02. The lowest BCUT2D eigenvalue weighted by Gasteiger charge is -2.18. The van der Waals surface area contributed by atoms with E-state index in [1.54, 1.807) is 17.1 Å². The maximum atomic E-state index is 12.2. The maximum Gasteiger partial charge on any atom is 0.240 e. The third-order valence-corrected chi connectivity index (χ3v) is 4.61. The lowest BCUT2D eigenvalue weighted by Crippen LogP contribution is -2.26. The van der Waals surface area contributed by atoms with Gasteiger partial charge in [0, 0.05) is 19.2 Å². The van der Waals surface area contributed by atoms with Crippen molar-refractivity contribution in [1.82, 2.24) is 19.5 Å². The molecule has 1 aliphatic heterocycles. The Morgan fingerprint density at radius 2 is 2.05 bits per heavy atom. The molecular weight excluding hydrogens is 308 g/mol. The molecule has 0 amide bonds. The minimum Gasteiger partial charge on any atom is -0.486 e. The first-order valence-electron chi connectivity index (χ1n) is 6.87. The van der Waals surface area contributed by atoms with Crippen molar-refractivity contribution >= 4 is 10.0 Å². The van der Waals surface area contributed by atoms with Crippen molar-refractivity contribution in [2.24, 2.45) is 0 Å². The topological polar surface area (TPSA) is 95.3 Å². The molecule has 1 N–H and O–H groups in total. The van der Waals surface area contributed by atoms with Crippen LogP contribution >= 0.6 is 0 Å². The normalized spacial score (nSPS) is 14.0. The van der Waals surface area contributed by atoms with Gasteiger partial charge >= 0.3 is 0 Å². The highest BCUT2D eigenvalue weighted by molar-refractivity contribution is 7.89. The number of benzene rings is 1. The second-order valence-corrected chi connectivity index (χ2v) is 6.48. The average Bonchev–Trinajstić information content (AvgIpc) is 3.04. The van der Waals surface area contributed by atoms with Crippen LogP contribution in [0.1, 0.15) is 6.42 Å². The summed E-state index contributed by atoms with van der Waals surface area (Å²) in [5.41, 5.74) is 0. The van der Waals surface area contributed by atoms with Gasteiger partial charge in [0.25, 0.3) is 0 Å². The van der Waals surface area contributed by atoms with Crippen LogP contribution in [0.4, 0.5) is 0 Å². The molecule has 0 spiro atoms. The maximum absolute atomic E-state index is 12.2. The fraction of sp³-hybridized carbons (Fsp3) is 0.385. The molecule has 118 valence electrons. The second-order valence-electron chi connectivity index (χ2n) is 4.72. The van der Waals surface area contributed by atoms with Crippen molar-refractivity contribution in [3.05, 3.63) is 30.9 Å². The number of sulfonamides is 1. The highest BCUT2D eigenvalue weighted by Crippen LogP contribution is 2.32. The molecular formula is C13H16N4O4S. The summed E-state index contributed by atoms with van der Waals surface area (Å²) >= 11 is 0. The minimum absolute atomic E-state index is 0.164. The molecule has 8 nitrogen and oxygen atoms in total. The van der Waals surface area contributed by atoms with Gasteiger partial charge in [-0.05, 0) is 18.6 Å². The van der Waals surface area contributed by atoms with Crippen molar-refractivity contribution in [3.8, 4) is 11.5 Å². The Labute approximate surface area is 128 Å². The van der Waals surface area contributed by atoms with Crippen molar-refractivity contribution in [3.63, 3.8) is 0 Å². The van der Waals surface area contributed by atoms with Gasteiger partial charge in [0.1, 0.15) is 25.9 Å². The largest absolute Gasteiger partial charge is 0.486 e. The number of hydrogen-bond donors (Lipinski definition) is 1. The Hall–Kier alpha value is -2.13. The molecule has 1 aliphatic rings. The Bertz CT molecular complexity index is 731. The van der Waals surface area contributed by atoms with Gasteiger partial charge in [0.05, 0.1) is 4.90 Å². The number of aromatic nitrogens is 3. The average molecular weight is 324 g/mol. The monoisotopic (exact) mass is 324 g/mol. The molecule has 1 aromatic heterocycles. The molecule has 0 atom stereocenters. The summed E-state index contributed by atoms with van der Waals surface area (Å²) < 4.78 is 39.5. The van der Waals surface area contributed by atoms with Crippen molar-refractivity contribution in [2.45, 2.75) is 17.9 Å². The van der Waals surface area contributed by atoms with E-state index in [2.05, 4.69) is 14.8 Å². The fourth-order valence-electron chi connectivity index (χ4n) is 2.07. The molecule has 1 aromatic carbocycles. The highest BCUT2D eigenvalue weighted by Gasteiger charge is 2.18. The Morgan fingerprint density at radius 1 is 1.23 bits per heavy atom. The van der Waals surface area contributed by atoms with Crippen molar-refractivity contribution < 1.29 is 17.9 Å². The molecule has 3 rings (SSSR count). The molecule has 2 aromatic rings. The van der Waals surface area contributed by atoms with Crippen LogP contribution in [0.2, 0.25) is 0 Å². The third kappa shape index (κ3) is 3.37. The van der Waals surface area contributed by atoms with E-state index in [4.69, 9.17) is 9.47 Å². The molecule has 0 unspecified atom stereocenters. The molecule has 0 aliphatic carbocycles. The van der Waals surface area contributed by atoms with Crippen LogP contribution in [0.15, 0.2) is 35.7 Å². The smallest absolute Gasteiger partial charge is 0.240 e. The predicted octanol–water partition coefficient (Wildman–Crippen LogP) is 0.418. The Balaban J connectivity index is 1.60. The number of nitrogens with one attached hydrogen (secondary N) is 1. The van der Waals surface area contributed by atoms with E-state index in [0.29, 0.717) is 44.2 Å². The van der Waals surface area contributed by atoms with Gasteiger partial charge in [0.15, 0.2) is 11.5 Å². The van der Waals surface area contributed by atoms with Crippen LogP contribution in [-0.4, -0.2) is 42.9 Å². The Kier molecular flexibility index (Phi) is 4.25. The first-order chi connectivity index (χ1) is 10.6. The third-order valence-electron chi connectivity index (χ3n) is 3.15. The number of nitrogens with zero attached hydrogens (tertiary/aromatic N) is 3. The predicted molar refractivity (Wildman–Crippen MR) is 77.3 cm³/mol. The minimum atomic E-state index is -3.57. The number of aryl methyl sites for hydroxylation is 1. The molecule has 0 radical (unpaired) electrons. The highest BCUT2D eigenvalue weighted by atomic mass is 32.2. The van der Waals surface area contributed by atoms with E-state index in [1.165, 1.54) is 18.5 Å². The van der Waals surface area contributed by atoms with Gasteiger partial charge in [-0.15, -0.1) is 0 Å². The Morgan fingerprint density at radius 3 is 2.82 bits per heavy atom. The lowest BCUT2D eigenvalue weighted by atomic mass is 10.3. The fourth-order valence-corrected chi connectivity index (χ4v) is 3.16. The molecule has 0 fully saturated rings. The van der Waals surface area contributed by atoms with Crippen LogP contribution in [0.3, 0.4) is 0 Å². The summed E-state index contributed by atoms with van der Waals surface area (Å²) in [4.78, 5) is 3.99. The van der Waals surface area contributed by atoms with Gasteiger partial charge in [-0.3, -0.25) is 4.68 Å². The standard InChI is InChI=1S/C13H16N4O4S/c18-22(19,16-4-1-5-17-10-14-9-15-17)11-2-3-12-13(8-11)21-7-6-20-12/h2-3,8-10,16H,1,4-7H2. The summed E-state index contributed by atoms with van der Waals surface area (Å²) in [6.07, 6.45) is 3.65.